The molecule has 1 amide bonds. The topological polar surface area (TPSA) is 83.5 Å². The van der Waals surface area contributed by atoms with Gasteiger partial charge in [0.15, 0.2) is 0 Å². The van der Waals surface area contributed by atoms with E-state index in [2.05, 4.69) is 101 Å². The lowest BCUT2D eigenvalue weighted by Gasteiger charge is -2.53. The van der Waals surface area contributed by atoms with E-state index in [1.807, 2.05) is 6.92 Å². The number of hydrogen-bond donors (Lipinski definition) is 1. The van der Waals surface area contributed by atoms with Gasteiger partial charge in [-0.15, -0.1) is 0 Å². The van der Waals surface area contributed by atoms with E-state index < -0.39 is 17.0 Å². The van der Waals surface area contributed by atoms with E-state index in [9.17, 15) is 14.1 Å². The molecule has 2 rings (SSSR count). The zero-order chi connectivity index (χ0) is 32.3. The number of nitrogens with one attached hydrogen (secondary N) is 1. The van der Waals surface area contributed by atoms with Gasteiger partial charge >= 0.3 is 5.97 Å². The Kier molecular flexibility index (Phi) is 13.8. The van der Waals surface area contributed by atoms with Gasteiger partial charge in [-0.2, -0.15) is 0 Å². The quantitative estimate of drug-likeness (QED) is 0.0977. The van der Waals surface area contributed by atoms with Crippen LogP contribution in [0, 0.1) is 11.8 Å². The minimum absolute atomic E-state index is 0.0284. The van der Waals surface area contributed by atoms with Crippen molar-refractivity contribution < 1.29 is 23.8 Å². The van der Waals surface area contributed by atoms with Gasteiger partial charge < -0.3 is 10.1 Å². The third kappa shape index (κ3) is 9.60. The van der Waals surface area contributed by atoms with Crippen LogP contribution in [-0.4, -0.2) is 79.3 Å². The third-order valence-corrected chi connectivity index (χ3v) is 9.44. The maximum absolute atomic E-state index is 12.7. The molecule has 0 radical (unpaired) electrons. The van der Waals surface area contributed by atoms with Crippen LogP contribution in [0.2, 0.25) is 0 Å². The molecule has 43 heavy (non-hydrogen) atoms. The van der Waals surface area contributed by atoms with E-state index in [1.54, 1.807) is 4.90 Å². The van der Waals surface area contributed by atoms with Crippen LogP contribution >= 0.6 is 0 Å². The highest BCUT2D eigenvalue weighted by atomic mass is 19.3. The molecule has 1 aromatic rings. The molecule has 8 nitrogen and oxygen atoms in total. The molecule has 0 aliphatic heterocycles. The van der Waals surface area contributed by atoms with Crippen LogP contribution in [0.15, 0.2) is 35.3 Å². The fraction of sp³-hybridized carbons (Fsp3) is 0.676. The number of allylic oxidation sites excluding steroid dienone is 1. The Morgan fingerprint density at radius 3 is 2.37 bits per heavy atom. The number of carbonyl (C=O) groups is 2. The number of carbonyl (C=O) groups excluding carboxylic acids is 2. The summed E-state index contributed by atoms with van der Waals surface area (Å²) in [7, 11) is 0. The number of halogens is 1. The molecule has 0 heterocycles. The molecule has 0 bridgehead atoms. The number of amides is 1. The fourth-order valence-corrected chi connectivity index (χ4v) is 5.99. The van der Waals surface area contributed by atoms with Crippen molar-refractivity contribution >= 4 is 19.1 Å². The van der Waals surface area contributed by atoms with Crippen molar-refractivity contribution in [1.82, 2.24) is 15.1 Å². The maximum Gasteiger partial charge on any atom is 0.362 e. The van der Waals surface area contributed by atoms with Crippen molar-refractivity contribution in [3.8, 4) is 5.75 Å². The minimum atomic E-state index is -0.969. The number of hydrogen-bond acceptors (Lipinski definition) is 7. The smallest absolute Gasteiger partial charge is 0.362 e. The van der Waals surface area contributed by atoms with Crippen LogP contribution < -0.4 is 10.1 Å². The molecule has 1 aliphatic carbocycles. The van der Waals surface area contributed by atoms with Gasteiger partial charge in [0.25, 0.3) is 0 Å². The lowest BCUT2D eigenvalue weighted by atomic mass is 9.67. The van der Waals surface area contributed by atoms with Gasteiger partial charge in [-0.05, 0) is 76.6 Å². The SMILES string of the molecule is C=NC(C)([C@H]1C=CC(CC)CC1)C(C)(C)N(CCN(CCNC=O)CC(=O)OF)Cc1ccc(C(C)(C)C)cc1OCC. The Bertz CT molecular complexity index is 1090. The average Bonchev–Trinajstić information content (AvgIpc) is 2.98. The summed E-state index contributed by atoms with van der Waals surface area (Å²) >= 11 is 0. The molecule has 242 valence electrons. The molecule has 0 saturated heterocycles. The Morgan fingerprint density at radius 1 is 1.12 bits per heavy atom. The lowest BCUT2D eigenvalue weighted by Crippen LogP contribution is -2.62. The summed E-state index contributed by atoms with van der Waals surface area (Å²) in [6.45, 7) is 24.0. The summed E-state index contributed by atoms with van der Waals surface area (Å²) in [5, 5.41) is 2.62. The van der Waals surface area contributed by atoms with E-state index in [1.165, 1.54) is 5.56 Å². The molecule has 1 N–H and O–H groups in total. The Labute approximate surface area is 259 Å². The van der Waals surface area contributed by atoms with Crippen LogP contribution in [0.25, 0.3) is 0 Å². The highest BCUT2D eigenvalue weighted by molar-refractivity contribution is 5.70. The van der Waals surface area contributed by atoms with Crippen molar-refractivity contribution in [2.45, 2.75) is 97.7 Å². The maximum atomic E-state index is 12.7. The number of ether oxygens (including phenoxy) is 1. The van der Waals surface area contributed by atoms with Crippen LogP contribution in [0.4, 0.5) is 4.53 Å². The second-order valence-corrected chi connectivity index (χ2v) is 13.3. The van der Waals surface area contributed by atoms with E-state index in [0.717, 1.165) is 30.6 Å². The number of aliphatic imine (C=N–C) groups is 1. The molecule has 1 aromatic carbocycles. The fourth-order valence-electron chi connectivity index (χ4n) is 5.99. The van der Waals surface area contributed by atoms with E-state index in [-0.39, 0.29) is 17.9 Å². The van der Waals surface area contributed by atoms with Gasteiger partial charge in [-0.25, -0.2) is 4.79 Å². The second kappa shape index (κ2) is 16.3. The number of nitrogens with zero attached hydrogens (tertiary/aromatic N) is 3. The van der Waals surface area contributed by atoms with E-state index in [0.29, 0.717) is 51.7 Å². The summed E-state index contributed by atoms with van der Waals surface area (Å²) in [6, 6.07) is 6.45. The van der Waals surface area contributed by atoms with Gasteiger partial charge in [0.2, 0.25) is 6.41 Å². The Morgan fingerprint density at radius 2 is 1.84 bits per heavy atom. The van der Waals surface area contributed by atoms with Gasteiger partial charge in [-0.1, -0.05) is 52.0 Å². The molecule has 1 aliphatic rings. The van der Waals surface area contributed by atoms with Crippen molar-refractivity contribution in [2.24, 2.45) is 16.8 Å². The monoisotopic (exact) mass is 602 g/mol. The first-order valence-electron chi connectivity index (χ1n) is 15.7. The number of benzene rings is 1. The van der Waals surface area contributed by atoms with E-state index >= 15 is 0 Å². The summed E-state index contributed by atoms with van der Waals surface area (Å²) in [6.07, 6.45) is 8.53. The third-order valence-electron chi connectivity index (χ3n) is 9.44. The van der Waals surface area contributed by atoms with Crippen LogP contribution in [-0.2, 0) is 26.5 Å². The predicted molar refractivity (Wildman–Crippen MR) is 172 cm³/mol. The largest absolute Gasteiger partial charge is 0.494 e. The first kappa shape index (κ1) is 36.4. The van der Waals surface area contributed by atoms with Crippen molar-refractivity contribution in [3.63, 3.8) is 0 Å². The Balaban J connectivity index is 2.53. The standard InChI is InChI=1S/C34H55FN4O4/c1-10-26-12-15-28(16-13-26)34(8,36-9)33(6,7)39(21-20-38(19-18-37-25-40)24-31(41)43-35)23-27-14-17-29(32(3,4)5)22-30(27)42-11-2/h12,14-15,17,22,25-26,28H,9-11,13,16,18-21,23-24H2,1-8H3,(H,37,40)/t26?,28-,34?/m0/s1. The van der Waals surface area contributed by atoms with Crippen LogP contribution in [0.1, 0.15) is 85.8 Å². The molecule has 2 unspecified atom stereocenters. The highest BCUT2D eigenvalue weighted by Gasteiger charge is 2.49. The molecular formula is C34H55FN4O4. The first-order chi connectivity index (χ1) is 20.3. The van der Waals surface area contributed by atoms with Crippen molar-refractivity contribution in [2.75, 3.05) is 39.3 Å². The summed E-state index contributed by atoms with van der Waals surface area (Å²) in [5.41, 5.74) is 1.21. The van der Waals surface area contributed by atoms with Gasteiger partial charge in [0.05, 0.1) is 12.1 Å². The molecule has 0 fully saturated rings. The van der Waals surface area contributed by atoms with Crippen molar-refractivity contribution in [3.05, 3.63) is 41.5 Å². The average molecular weight is 603 g/mol. The zero-order valence-electron chi connectivity index (χ0n) is 27.7. The summed E-state index contributed by atoms with van der Waals surface area (Å²) in [5.74, 6) is 0.668. The van der Waals surface area contributed by atoms with Gasteiger partial charge in [0, 0.05) is 54.3 Å². The van der Waals surface area contributed by atoms with Gasteiger partial charge in [-0.3, -0.25) is 24.5 Å². The van der Waals surface area contributed by atoms with Gasteiger partial charge in [0.1, 0.15) is 12.3 Å². The molecule has 3 atom stereocenters. The molecule has 0 aromatic heterocycles. The normalized spacial score (nSPS) is 18.8. The lowest BCUT2D eigenvalue weighted by molar-refractivity contribution is -0.184. The first-order valence-corrected chi connectivity index (χ1v) is 15.7. The second-order valence-electron chi connectivity index (χ2n) is 13.3. The highest BCUT2D eigenvalue weighted by Crippen LogP contribution is 2.44. The van der Waals surface area contributed by atoms with Crippen LogP contribution in [0.3, 0.4) is 0 Å². The molecule has 9 heteroatoms. The number of rotatable bonds is 18. The minimum Gasteiger partial charge on any atom is -0.494 e. The molecule has 0 saturated carbocycles. The summed E-state index contributed by atoms with van der Waals surface area (Å²) < 4.78 is 18.9. The predicted octanol–water partition coefficient (Wildman–Crippen LogP) is 5.89. The van der Waals surface area contributed by atoms with E-state index in [4.69, 9.17) is 9.73 Å². The Hall–Kier alpha value is -2.78. The van der Waals surface area contributed by atoms with Crippen LogP contribution in [0.5, 0.6) is 5.75 Å². The zero-order valence-corrected chi connectivity index (χ0v) is 27.7. The van der Waals surface area contributed by atoms with Crippen molar-refractivity contribution in [1.29, 1.82) is 0 Å². The summed E-state index contributed by atoms with van der Waals surface area (Å²) in [4.78, 5) is 35.2. The molecular weight excluding hydrogens is 547 g/mol. The molecule has 0 spiro atoms.